The molecule has 0 unspecified atom stereocenters. The van der Waals surface area contributed by atoms with E-state index in [0.717, 1.165) is 0 Å². The van der Waals surface area contributed by atoms with Crippen LogP contribution in [0.2, 0.25) is 0 Å². The molecule has 0 rings (SSSR count). The summed E-state index contributed by atoms with van der Waals surface area (Å²) in [7, 11) is 0. The summed E-state index contributed by atoms with van der Waals surface area (Å²) in [6.45, 7) is 33.3. The van der Waals surface area contributed by atoms with Crippen LogP contribution in [-0.4, -0.2) is 32.7 Å². The second-order valence-corrected chi connectivity index (χ2v) is 16.2. The molecule has 0 aromatic carbocycles. The van der Waals surface area contributed by atoms with Gasteiger partial charge in [-0.25, -0.2) is 0 Å². The molecule has 0 aromatic heterocycles. The molecule has 0 amide bonds. The van der Waals surface area contributed by atoms with E-state index in [9.17, 15) is 29.7 Å². The van der Waals surface area contributed by atoms with E-state index >= 15 is 0 Å². The Hall–Kier alpha value is -1.10. The van der Waals surface area contributed by atoms with Gasteiger partial charge in [-0.2, -0.15) is 0 Å². The second-order valence-electron chi connectivity index (χ2n) is 16.2. The third-order valence-electron chi connectivity index (χ3n) is 5.33. The molecule has 0 spiro atoms. The largest absolute Gasteiger partial charge is 0.512 e. The molecule has 0 aliphatic carbocycles. The SMILES string of the molecule is CC(C)(C)C(=O)C=C(O)C(C)(C)C.CC(C)(C)C(=O)C=C(O)C(C)(C)C.CC(C)(C)C(=O)C=C(O)C(C)(C)C.[Dy]. The normalized spacial score (nSPS) is 14.1. The third-order valence-corrected chi connectivity index (χ3v) is 5.33. The first kappa shape index (κ1) is 45.9. The van der Waals surface area contributed by atoms with Crippen LogP contribution in [0.4, 0.5) is 0 Å². The van der Waals surface area contributed by atoms with Crippen LogP contribution in [0.3, 0.4) is 0 Å². The maximum Gasteiger partial charge on any atom is 0.164 e. The van der Waals surface area contributed by atoms with Crippen molar-refractivity contribution < 1.29 is 67.9 Å². The van der Waals surface area contributed by atoms with Crippen molar-refractivity contribution in [1.82, 2.24) is 0 Å². The number of carbonyl (C=O) groups excluding carboxylic acids is 3. The van der Waals surface area contributed by atoms with Crippen LogP contribution in [0.1, 0.15) is 125 Å². The molecule has 0 bridgehead atoms. The molecule has 0 heterocycles. The van der Waals surface area contributed by atoms with Crippen molar-refractivity contribution in [2.45, 2.75) is 125 Å². The van der Waals surface area contributed by atoms with E-state index in [1.54, 1.807) is 0 Å². The van der Waals surface area contributed by atoms with Crippen LogP contribution < -0.4 is 0 Å². The topological polar surface area (TPSA) is 112 Å². The number of rotatable bonds is 3. The fourth-order valence-corrected chi connectivity index (χ4v) is 1.67. The molecular formula is C33H60DyO6. The molecule has 0 atom stereocenters. The Kier molecular flexibility index (Phi) is 18.9. The fourth-order valence-electron chi connectivity index (χ4n) is 1.67. The van der Waals surface area contributed by atoms with Crippen molar-refractivity contribution in [3.05, 3.63) is 35.5 Å². The monoisotopic (exact) mass is 716 g/mol. The third kappa shape index (κ3) is 21.6. The summed E-state index contributed by atoms with van der Waals surface area (Å²) in [5.74, 6) is 0.312. The number of aliphatic hydroxyl groups is 3. The van der Waals surface area contributed by atoms with Gasteiger partial charge in [-0.05, 0) is 0 Å². The Morgan fingerprint density at radius 2 is 0.475 bits per heavy atom. The van der Waals surface area contributed by atoms with Gasteiger partial charge in [0, 0.05) is 88.9 Å². The molecule has 0 radical (unpaired) electrons. The first-order chi connectivity index (χ1) is 16.6. The molecule has 3 N–H and O–H groups in total. The molecule has 0 aromatic rings. The van der Waals surface area contributed by atoms with Crippen molar-refractivity contribution in [2.24, 2.45) is 32.5 Å². The van der Waals surface area contributed by atoms with E-state index in [-0.39, 0.29) is 89.0 Å². The Morgan fingerprint density at radius 3 is 0.550 bits per heavy atom. The fraction of sp³-hybridized carbons (Fsp3) is 0.727. The Morgan fingerprint density at radius 1 is 0.350 bits per heavy atom. The quantitative estimate of drug-likeness (QED) is 0.199. The predicted molar refractivity (Wildman–Crippen MR) is 164 cm³/mol. The molecule has 40 heavy (non-hydrogen) atoms. The zero-order valence-corrected chi connectivity index (χ0v) is 30.6. The zero-order chi connectivity index (χ0) is 32.6. The van der Waals surface area contributed by atoms with E-state index in [1.165, 1.54) is 18.2 Å². The predicted octanol–water partition coefficient (Wildman–Crippen LogP) is 9.27. The minimum Gasteiger partial charge on any atom is -0.512 e. The van der Waals surface area contributed by atoms with E-state index in [2.05, 4.69) is 0 Å². The summed E-state index contributed by atoms with van der Waals surface area (Å²) in [5.41, 5.74) is -2.29. The smallest absolute Gasteiger partial charge is 0.164 e. The minimum atomic E-state index is -0.417. The Balaban J connectivity index is -0.000000240. The number of hydrogen-bond acceptors (Lipinski definition) is 6. The van der Waals surface area contributed by atoms with Crippen LogP contribution in [-0.2, 0) is 14.4 Å². The Bertz CT molecular complexity index is 801. The molecule has 6 nitrogen and oxygen atoms in total. The minimum absolute atomic E-state index is 0. The first-order valence-corrected chi connectivity index (χ1v) is 13.5. The van der Waals surface area contributed by atoms with Gasteiger partial charge in [-0.3, -0.25) is 14.4 Å². The van der Waals surface area contributed by atoms with Gasteiger partial charge in [-0.1, -0.05) is 125 Å². The van der Waals surface area contributed by atoms with E-state index in [1.807, 2.05) is 125 Å². The Labute approximate surface area is 276 Å². The second kappa shape index (κ2) is 16.5. The van der Waals surface area contributed by atoms with Crippen molar-refractivity contribution in [3.63, 3.8) is 0 Å². The molecule has 0 fully saturated rings. The van der Waals surface area contributed by atoms with Crippen molar-refractivity contribution >= 4 is 17.3 Å². The summed E-state index contributed by atoms with van der Waals surface area (Å²) in [6.07, 6.45) is 4.00. The summed E-state index contributed by atoms with van der Waals surface area (Å²) < 4.78 is 0. The summed E-state index contributed by atoms with van der Waals surface area (Å²) in [4.78, 5) is 34.5. The van der Waals surface area contributed by atoms with Gasteiger partial charge < -0.3 is 15.3 Å². The van der Waals surface area contributed by atoms with Gasteiger partial charge in [0.15, 0.2) is 17.3 Å². The van der Waals surface area contributed by atoms with Crippen LogP contribution >= 0.6 is 0 Å². The van der Waals surface area contributed by atoms with Crippen LogP contribution in [0.15, 0.2) is 35.5 Å². The molecular weight excluding hydrogens is 655 g/mol. The van der Waals surface area contributed by atoms with Crippen molar-refractivity contribution in [3.8, 4) is 0 Å². The zero-order valence-electron chi connectivity index (χ0n) is 28.6. The molecule has 0 aliphatic rings. The summed E-state index contributed by atoms with van der Waals surface area (Å²) >= 11 is 0. The van der Waals surface area contributed by atoms with Gasteiger partial charge in [0.05, 0.1) is 0 Å². The van der Waals surface area contributed by atoms with Gasteiger partial charge in [0.1, 0.15) is 17.3 Å². The number of aliphatic hydroxyl groups excluding tert-OH is 3. The van der Waals surface area contributed by atoms with Crippen molar-refractivity contribution in [2.75, 3.05) is 0 Å². The van der Waals surface area contributed by atoms with Crippen LogP contribution in [0.5, 0.6) is 0 Å². The summed E-state index contributed by atoms with van der Waals surface area (Å²) in [6, 6.07) is 0. The standard InChI is InChI=1S/3C11H20O2.Dy/c3*1-10(2,3)8(12)7-9(13)11(4,5)6;/h3*7,12H,1-6H3;. The van der Waals surface area contributed by atoms with Gasteiger partial charge in [0.25, 0.3) is 0 Å². The maximum absolute atomic E-state index is 11.5. The van der Waals surface area contributed by atoms with Crippen LogP contribution in [0.25, 0.3) is 0 Å². The van der Waals surface area contributed by atoms with E-state index in [4.69, 9.17) is 0 Å². The number of hydrogen-bond donors (Lipinski definition) is 3. The average Bonchev–Trinajstić information content (AvgIpc) is 2.64. The molecule has 238 valence electrons. The van der Waals surface area contributed by atoms with Crippen LogP contribution in [0, 0.1) is 70.7 Å². The average molecular weight is 715 g/mol. The van der Waals surface area contributed by atoms with E-state index < -0.39 is 16.2 Å². The number of carbonyl (C=O) groups is 3. The number of allylic oxidation sites excluding steroid dienone is 6. The van der Waals surface area contributed by atoms with Gasteiger partial charge in [-0.15, -0.1) is 0 Å². The molecule has 7 heteroatoms. The molecule has 0 aliphatic heterocycles. The summed E-state index contributed by atoms with van der Waals surface area (Å²) in [5, 5.41) is 28.7. The molecule has 0 saturated heterocycles. The van der Waals surface area contributed by atoms with Gasteiger partial charge in [0.2, 0.25) is 0 Å². The number of ketones is 3. The maximum atomic E-state index is 11.5. The van der Waals surface area contributed by atoms with Crippen molar-refractivity contribution in [1.29, 1.82) is 0 Å². The molecule has 0 saturated carbocycles. The van der Waals surface area contributed by atoms with E-state index in [0.29, 0.717) is 0 Å². The first-order valence-electron chi connectivity index (χ1n) is 13.5. The van der Waals surface area contributed by atoms with Gasteiger partial charge >= 0.3 is 0 Å².